The minimum atomic E-state index is -4.35. The second-order valence-corrected chi connectivity index (χ2v) is 5.27. The number of hydrazone groups is 1. The highest BCUT2D eigenvalue weighted by molar-refractivity contribution is 5.80. The van der Waals surface area contributed by atoms with Gasteiger partial charge in [-0.1, -0.05) is 44.2 Å². The van der Waals surface area contributed by atoms with E-state index in [9.17, 15) is 13.2 Å². The quantitative estimate of drug-likeness (QED) is 0.603. The number of benzene rings is 2. The van der Waals surface area contributed by atoms with Gasteiger partial charge < -0.3 is 0 Å². The van der Waals surface area contributed by atoms with E-state index in [0.29, 0.717) is 11.6 Å². The Labute approximate surface area is 127 Å². The highest BCUT2D eigenvalue weighted by Crippen LogP contribution is 2.30. The van der Waals surface area contributed by atoms with Crippen LogP contribution in [0.25, 0.3) is 0 Å². The molecule has 0 aliphatic rings. The molecular formula is C17H17F3N2. The van der Waals surface area contributed by atoms with Gasteiger partial charge in [0.15, 0.2) is 0 Å². The number of anilines is 1. The fourth-order valence-electron chi connectivity index (χ4n) is 1.91. The summed E-state index contributed by atoms with van der Waals surface area (Å²) in [5, 5.41) is 3.97. The Morgan fingerprint density at radius 2 is 1.73 bits per heavy atom. The molecule has 0 atom stereocenters. The van der Waals surface area contributed by atoms with Crippen molar-refractivity contribution in [2.45, 2.75) is 25.9 Å². The summed E-state index contributed by atoms with van der Waals surface area (Å²) in [6, 6.07) is 12.8. The topological polar surface area (TPSA) is 24.4 Å². The highest BCUT2D eigenvalue weighted by Gasteiger charge is 2.30. The molecule has 5 heteroatoms. The van der Waals surface area contributed by atoms with Crippen molar-refractivity contribution in [2.24, 2.45) is 5.10 Å². The third-order valence-electron chi connectivity index (χ3n) is 3.20. The summed E-state index contributed by atoms with van der Waals surface area (Å²) < 4.78 is 37.8. The second kappa shape index (κ2) is 6.64. The first-order chi connectivity index (χ1) is 10.4. The molecule has 0 unspecified atom stereocenters. The largest absolute Gasteiger partial charge is 0.416 e. The first-order valence-electron chi connectivity index (χ1n) is 6.92. The molecule has 0 aromatic heterocycles. The minimum Gasteiger partial charge on any atom is -0.278 e. The number of alkyl halides is 3. The van der Waals surface area contributed by atoms with Crippen LogP contribution in [-0.2, 0) is 6.18 Å². The van der Waals surface area contributed by atoms with Crippen molar-refractivity contribution in [1.29, 1.82) is 0 Å². The molecule has 2 aromatic rings. The average Bonchev–Trinajstić information content (AvgIpc) is 2.47. The Balaban J connectivity index is 2.03. The fourth-order valence-corrected chi connectivity index (χ4v) is 1.91. The van der Waals surface area contributed by atoms with E-state index in [1.807, 2.05) is 24.3 Å². The van der Waals surface area contributed by atoms with Crippen LogP contribution in [-0.4, -0.2) is 6.21 Å². The molecule has 0 bridgehead atoms. The third-order valence-corrected chi connectivity index (χ3v) is 3.20. The molecule has 2 rings (SSSR count). The van der Waals surface area contributed by atoms with E-state index < -0.39 is 11.7 Å². The molecule has 2 nitrogen and oxygen atoms in total. The maximum Gasteiger partial charge on any atom is 0.416 e. The Kier molecular flexibility index (Phi) is 4.85. The van der Waals surface area contributed by atoms with Crippen LogP contribution in [0.15, 0.2) is 53.6 Å². The summed E-state index contributed by atoms with van der Waals surface area (Å²) >= 11 is 0. The smallest absolute Gasteiger partial charge is 0.278 e. The molecule has 0 amide bonds. The summed E-state index contributed by atoms with van der Waals surface area (Å²) in [6.07, 6.45) is -2.78. The van der Waals surface area contributed by atoms with Gasteiger partial charge in [-0.05, 0) is 35.2 Å². The van der Waals surface area contributed by atoms with Crippen LogP contribution in [0.1, 0.15) is 36.5 Å². The van der Waals surface area contributed by atoms with Crippen molar-refractivity contribution in [3.63, 3.8) is 0 Å². The van der Waals surface area contributed by atoms with Crippen LogP contribution < -0.4 is 5.43 Å². The third kappa shape index (κ3) is 4.35. The molecule has 0 radical (unpaired) electrons. The average molecular weight is 306 g/mol. The molecule has 0 aliphatic carbocycles. The summed E-state index contributed by atoms with van der Waals surface area (Å²) in [4.78, 5) is 0. The van der Waals surface area contributed by atoms with Crippen molar-refractivity contribution in [1.82, 2.24) is 0 Å². The molecule has 2 aromatic carbocycles. The second-order valence-electron chi connectivity index (χ2n) is 5.27. The number of nitrogens with zero attached hydrogens (tertiary/aromatic N) is 1. The minimum absolute atomic E-state index is 0.296. The van der Waals surface area contributed by atoms with Crippen molar-refractivity contribution in [2.75, 3.05) is 5.43 Å². The maximum absolute atomic E-state index is 12.6. The summed E-state index contributed by atoms with van der Waals surface area (Å²) in [7, 11) is 0. The van der Waals surface area contributed by atoms with Crippen LogP contribution in [0.2, 0.25) is 0 Å². The fraction of sp³-hybridized carbons (Fsp3) is 0.235. The summed E-state index contributed by atoms with van der Waals surface area (Å²) in [6.45, 7) is 4.22. The zero-order chi connectivity index (χ0) is 16.2. The summed E-state index contributed by atoms with van der Waals surface area (Å²) in [5.41, 5.74) is 4.31. The lowest BCUT2D eigenvalue weighted by Crippen LogP contribution is -2.05. The van der Waals surface area contributed by atoms with Crippen molar-refractivity contribution in [3.8, 4) is 0 Å². The van der Waals surface area contributed by atoms with E-state index >= 15 is 0 Å². The molecule has 0 heterocycles. The zero-order valence-corrected chi connectivity index (χ0v) is 12.4. The molecule has 0 saturated carbocycles. The van der Waals surface area contributed by atoms with Gasteiger partial charge in [0.1, 0.15) is 0 Å². The van der Waals surface area contributed by atoms with Gasteiger partial charge in [-0.15, -0.1) is 0 Å². The zero-order valence-electron chi connectivity index (χ0n) is 12.4. The Morgan fingerprint density at radius 3 is 2.32 bits per heavy atom. The standard InChI is InChI=1S/C17H17F3N2/c1-12(2)14-8-6-13(7-9-14)11-21-22-16-5-3-4-15(10-16)17(18,19)20/h3-12,22H,1-2H3. The molecule has 22 heavy (non-hydrogen) atoms. The van der Waals surface area contributed by atoms with Crippen molar-refractivity contribution >= 4 is 11.9 Å². The van der Waals surface area contributed by atoms with Gasteiger partial charge in [0.2, 0.25) is 0 Å². The lowest BCUT2D eigenvalue weighted by Gasteiger charge is -2.08. The molecule has 0 fully saturated rings. The van der Waals surface area contributed by atoms with Crippen LogP contribution in [0, 0.1) is 0 Å². The summed E-state index contributed by atoms with van der Waals surface area (Å²) in [5.74, 6) is 0.453. The molecule has 116 valence electrons. The monoisotopic (exact) mass is 306 g/mol. The van der Waals surface area contributed by atoms with E-state index in [2.05, 4.69) is 24.4 Å². The maximum atomic E-state index is 12.6. The van der Waals surface area contributed by atoms with Gasteiger partial charge >= 0.3 is 6.18 Å². The normalized spacial score (nSPS) is 12.1. The highest BCUT2D eigenvalue weighted by atomic mass is 19.4. The number of hydrogen-bond donors (Lipinski definition) is 1. The lowest BCUT2D eigenvalue weighted by molar-refractivity contribution is -0.137. The van der Waals surface area contributed by atoms with Gasteiger partial charge in [-0.25, -0.2) is 0 Å². The van der Waals surface area contributed by atoms with Crippen LogP contribution in [0.4, 0.5) is 18.9 Å². The van der Waals surface area contributed by atoms with Crippen LogP contribution >= 0.6 is 0 Å². The van der Waals surface area contributed by atoms with Crippen molar-refractivity contribution in [3.05, 3.63) is 65.2 Å². The van der Waals surface area contributed by atoms with Crippen LogP contribution in [0.5, 0.6) is 0 Å². The number of nitrogens with one attached hydrogen (secondary N) is 1. The Bertz CT molecular complexity index is 644. The molecule has 0 spiro atoms. The first-order valence-corrected chi connectivity index (χ1v) is 6.92. The predicted octanol–water partition coefficient (Wildman–Crippen LogP) is 5.27. The van der Waals surface area contributed by atoms with Gasteiger partial charge in [-0.3, -0.25) is 5.43 Å². The Morgan fingerprint density at radius 1 is 1.05 bits per heavy atom. The number of halogens is 3. The van der Waals surface area contributed by atoms with E-state index in [1.54, 1.807) is 6.21 Å². The SMILES string of the molecule is CC(C)c1ccc(C=NNc2cccc(C(F)(F)F)c2)cc1. The molecule has 0 saturated heterocycles. The Hall–Kier alpha value is -2.30. The van der Waals surface area contributed by atoms with Gasteiger partial charge in [0.05, 0.1) is 17.5 Å². The van der Waals surface area contributed by atoms with Gasteiger partial charge in [0.25, 0.3) is 0 Å². The molecule has 1 N–H and O–H groups in total. The number of hydrogen-bond acceptors (Lipinski definition) is 2. The first kappa shape index (κ1) is 16.1. The van der Waals surface area contributed by atoms with Gasteiger partial charge in [-0.2, -0.15) is 18.3 Å². The van der Waals surface area contributed by atoms with E-state index in [-0.39, 0.29) is 0 Å². The predicted molar refractivity (Wildman–Crippen MR) is 83.2 cm³/mol. The lowest BCUT2D eigenvalue weighted by atomic mass is 10.0. The molecular weight excluding hydrogens is 289 g/mol. The number of rotatable bonds is 4. The molecule has 0 aliphatic heterocycles. The van der Waals surface area contributed by atoms with E-state index in [4.69, 9.17) is 0 Å². The van der Waals surface area contributed by atoms with E-state index in [1.165, 1.54) is 17.7 Å². The van der Waals surface area contributed by atoms with E-state index in [0.717, 1.165) is 17.7 Å². The van der Waals surface area contributed by atoms with Crippen LogP contribution in [0.3, 0.4) is 0 Å². The van der Waals surface area contributed by atoms with Crippen molar-refractivity contribution < 1.29 is 13.2 Å². The van der Waals surface area contributed by atoms with Gasteiger partial charge in [0, 0.05) is 0 Å².